The summed E-state index contributed by atoms with van der Waals surface area (Å²) < 4.78 is 0. The highest BCUT2D eigenvalue weighted by Gasteiger charge is 2.22. The molecule has 1 aliphatic carbocycles. The predicted octanol–water partition coefficient (Wildman–Crippen LogP) is 0.949. The Morgan fingerprint density at radius 1 is 1.33 bits per heavy atom. The van der Waals surface area contributed by atoms with Crippen molar-refractivity contribution in [3.8, 4) is 11.5 Å². The van der Waals surface area contributed by atoms with Gasteiger partial charge in [0.15, 0.2) is 5.82 Å². The van der Waals surface area contributed by atoms with Crippen molar-refractivity contribution in [1.82, 2.24) is 15.0 Å². The molecule has 2 aromatic heterocycles. The van der Waals surface area contributed by atoms with Crippen molar-refractivity contribution in [2.75, 3.05) is 18.5 Å². The molecule has 6 nitrogen and oxygen atoms in total. The van der Waals surface area contributed by atoms with Gasteiger partial charge in [0.2, 0.25) is 5.91 Å². The number of aromatic nitrogens is 3. The summed E-state index contributed by atoms with van der Waals surface area (Å²) in [6.45, 7) is 0.144. The first-order valence-electron chi connectivity index (χ1n) is 6.96. The number of hydrogen-bond acceptors (Lipinski definition) is 5. The second kappa shape index (κ2) is 5.47. The molecule has 0 saturated heterocycles. The van der Waals surface area contributed by atoms with Gasteiger partial charge in [-0.25, -0.2) is 9.97 Å². The van der Waals surface area contributed by atoms with Crippen LogP contribution in [0.3, 0.4) is 0 Å². The number of primary amides is 1. The van der Waals surface area contributed by atoms with E-state index in [1.165, 1.54) is 0 Å². The van der Waals surface area contributed by atoms with Gasteiger partial charge in [-0.2, -0.15) is 0 Å². The Bertz CT molecular complexity index is 671. The Labute approximate surface area is 123 Å². The fraction of sp³-hybridized carbons (Fsp3) is 0.333. The molecule has 1 amide bonds. The molecule has 0 radical (unpaired) electrons. The van der Waals surface area contributed by atoms with Gasteiger partial charge < -0.3 is 10.6 Å². The quantitative estimate of drug-likeness (QED) is 0.903. The maximum atomic E-state index is 11.2. The van der Waals surface area contributed by atoms with Crippen molar-refractivity contribution in [3.63, 3.8) is 0 Å². The molecule has 0 saturated carbocycles. The zero-order valence-corrected chi connectivity index (χ0v) is 11.9. The average Bonchev–Trinajstić information content (AvgIpc) is 2.94. The number of carbonyl (C=O) groups excluding carboxylic acids is 1. The molecule has 2 heterocycles. The summed E-state index contributed by atoms with van der Waals surface area (Å²) in [4.78, 5) is 26.5. The molecule has 0 aliphatic heterocycles. The number of amides is 1. The average molecular weight is 283 g/mol. The fourth-order valence-corrected chi connectivity index (χ4v) is 2.65. The number of pyridine rings is 1. The van der Waals surface area contributed by atoms with Crippen molar-refractivity contribution < 1.29 is 4.79 Å². The van der Waals surface area contributed by atoms with Crippen LogP contribution in [0.2, 0.25) is 0 Å². The number of aryl methyl sites for hydroxylation is 1. The van der Waals surface area contributed by atoms with Crippen LogP contribution in [0.25, 0.3) is 11.5 Å². The van der Waals surface area contributed by atoms with Crippen molar-refractivity contribution in [1.29, 1.82) is 0 Å². The van der Waals surface area contributed by atoms with Gasteiger partial charge in [0.1, 0.15) is 11.5 Å². The van der Waals surface area contributed by atoms with E-state index in [2.05, 4.69) is 15.0 Å². The number of likely N-dealkylation sites (N-methyl/N-ethyl adjacent to an activating group) is 1. The lowest BCUT2D eigenvalue weighted by molar-refractivity contribution is -0.116. The van der Waals surface area contributed by atoms with Crippen LogP contribution in [-0.4, -0.2) is 34.5 Å². The maximum absolute atomic E-state index is 11.2. The summed E-state index contributed by atoms with van der Waals surface area (Å²) in [6.07, 6.45) is 4.66. The van der Waals surface area contributed by atoms with Crippen LogP contribution in [0.4, 0.5) is 5.82 Å². The van der Waals surface area contributed by atoms with Crippen LogP contribution in [0.5, 0.6) is 0 Å². The van der Waals surface area contributed by atoms with Gasteiger partial charge in [-0.3, -0.25) is 9.78 Å². The Hall–Kier alpha value is -2.50. The second-order valence-electron chi connectivity index (χ2n) is 5.19. The molecule has 0 atom stereocenters. The summed E-state index contributed by atoms with van der Waals surface area (Å²) in [5, 5.41) is 0. The third-order valence-electron chi connectivity index (χ3n) is 3.56. The molecule has 0 spiro atoms. The van der Waals surface area contributed by atoms with E-state index >= 15 is 0 Å². The molecule has 0 bridgehead atoms. The van der Waals surface area contributed by atoms with E-state index in [1.54, 1.807) is 11.1 Å². The minimum Gasteiger partial charge on any atom is -0.368 e. The van der Waals surface area contributed by atoms with E-state index in [-0.39, 0.29) is 12.5 Å². The fourth-order valence-electron chi connectivity index (χ4n) is 2.65. The number of nitrogens with zero attached hydrogens (tertiary/aromatic N) is 4. The Kier molecular flexibility index (Phi) is 3.51. The van der Waals surface area contributed by atoms with Crippen molar-refractivity contribution in [2.24, 2.45) is 5.73 Å². The van der Waals surface area contributed by atoms with Gasteiger partial charge in [0, 0.05) is 24.5 Å². The highest BCUT2D eigenvalue weighted by Crippen LogP contribution is 2.30. The second-order valence-corrected chi connectivity index (χ2v) is 5.19. The van der Waals surface area contributed by atoms with E-state index in [0.29, 0.717) is 5.82 Å². The molecule has 108 valence electrons. The van der Waals surface area contributed by atoms with Gasteiger partial charge in [0.05, 0.1) is 6.54 Å². The van der Waals surface area contributed by atoms with E-state index in [9.17, 15) is 4.79 Å². The molecule has 6 heteroatoms. The summed E-state index contributed by atoms with van der Waals surface area (Å²) in [6, 6.07) is 5.65. The lowest BCUT2D eigenvalue weighted by Crippen LogP contribution is -2.32. The topological polar surface area (TPSA) is 85.0 Å². The van der Waals surface area contributed by atoms with Crippen molar-refractivity contribution >= 4 is 11.7 Å². The minimum atomic E-state index is -0.373. The zero-order valence-electron chi connectivity index (χ0n) is 11.9. The first-order chi connectivity index (χ1) is 10.1. The van der Waals surface area contributed by atoms with Gasteiger partial charge in [-0.1, -0.05) is 6.07 Å². The molecule has 21 heavy (non-hydrogen) atoms. The van der Waals surface area contributed by atoms with E-state index in [1.807, 2.05) is 25.2 Å². The highest BCUT2D eigenvalue weighted by atomic mass is 16.1. The normalized spacial score (nSPS) is 13.0. The molecule has 1 aliphatic rings. The van der Waals surface area contributed by atoms with Crippen LogP contribution >= 0.6 is 0 Å². The Morgan fingerprint density at radius 3 is 2.90 bits per heavy atom. The van der Waals surface area contributed by atoms with Crippen LogP contribution < -0.4 is 10.6 Å². The summed E-state index contributed by atoms with van der Waals surface area (Å²) in [5.74, 6) is 1.02. The number of fused-ring (bicyclic) bond motifs is 1. The predicted molar refractivity (Wildman–Crippen MR) is 79.8 cm³/mol. The molecule has 0 fully saturated rings. The van der Waals surface area contributed by atoms with Crippen molar-refractivity contribution in [2.45, 2.75) is 19.3 Å². The van der Waals surface area contributed by atoms with Gasteiger partial charge >= 0.3 is 0 Å². The first kappa shape index (κ1) is 13.5. The molecular formula is C15H17N5O. The third kappa shape index (κ3) is 2.69. The van der Waals surface area contributed by atoms with Crippen LogP contribution in [-0.2, 0) is 17.6 Å². The van der Waals surface area contributed by atoms with Crippen LogP contribution in [0.15, 0.2) is 24.4 Å². The molecule has 2 aromatic rings. The van der Waals surface area contributed by atoms with Gasteiger partial charge in [-0.15, -0.1) is 0 Å². The summed E-state index contributed by atoms with van der Waals surface area (Å²) in [5.41, 5.74) is 8.20. The molecule has 3 rings (SSSR count). The smallest absolute Gasteiger partial charge is 0.236 e. The van der Waals surface area contributed by atoms with Crippen molar-refractivity contribution in [3.05, 3.63) is 35.7 Å². The lowest BCUT2D eigenvalue weighted by atomic mass is 10.2. The zero-order chi connectivity index (χ0) is 14.8. The number of carbonyl (C=O) groups is 1. The van der Waals surface area contributed by atoms with E-state index < -0.39 is 0 Å². The maximum Gasteiger partial charge on any atom is 0.236 e. The highest BCUT2D eigenvalue weighted by molar-refractivity contribution is 5.79. The van der Waals surface area contributed by atoms with Gasteiger partial charge in [0.25, 0.3) is 0 Å². The number of hydrogen-bond donors (Lipinski definition) is 1. The lowest BCUT2D eigenvalue weighted by Gasteiger charge is -2.20. The molecule has 2 N–H and O–H groups in total. The first-order valence-corrected chi connectivity index (χ1v) is 6.96. The number of nitrogens with two attached hydrogens (primary N) is 1. The minimum absolute atomic E-state index is 0.144. The van der Waals surface area contributed by atoms with Crippen LogP contribution in [0.1, 0.15) is 17.7 Å². The monoisotopic (exact) mass is 283 g/mol. The van der Waals surface area contributed by atoms with E-state index in [0.717, 1.165) is 42.0 Å². The summed E-state index contributed by atoms with van der Waals surface area (Å²) in [7, 11) is 1.83. The number of rotatable bonds is 4. The third-order valence-corrected chi connectivity index (χ3v) is 3.56. The molecule has 0 unspecified atom stereocenters. The Morgan fingerprint density at radius 2 is 2.19 bits per heavy atom. The molecular weight excluding hydrogens is 266 g/mol. The Balaban J connectivity index is 2.07. The van der Waals surface area contributed by atoms with E-state index in [4.69, 9.17) is 5.73 Å². The number of anilines is 1. The summed E-state index contributed by atoms with van der Waals surface area (Å²) >= 11 is 0. The molecule has 0 aromatic carbocycles. The SMILES string of the molecule is CN(CC(N)=O)c1nc(-c2ccccn2)nc2c1CCC2. The van der Waals surface area contributed by atoms with Crippen LogP contribution in [0, 0.1) is 0 Å². The largest absolute Gasteiger partial charge is 0.368 e. The van der Waals surface area contributed by atoms with Gasteiger partial charge in [-0.05, 0) is 31.4 Å². The standard InChI is InChI=1S/C15H17N5O/c1-20(9-13(16)21)15-10-5-4-7-11(10)18-14(19-15)12-6-2-3-8-17-12/h2-3,6,8H,4-5,7,9H2,1H3,(H2,16,21).